The number of halogens is 1. The average molecular weight is 362 g/mol. The fraction of sp³-hybridized carbons (Fsp3) is 0.0625. The molecule has 0 spiro atoms. The Labute approximate surface area is 146 Å². The number of hydrogen-bond acceptors (Lipinski definition) is 7. The van der Waals surface area contributed by atoms with Gasteiger partial charge in [-0.1, -0.05) is 23.7 Å². The molecule has 0 saturated carbocycles. The lowest BCUT2D eigenvalue weighted by atomic mass is 10.2. The molecule has 2 heterocycles. The van der Waals surface area contributed by atoms with Gasteiger partial charge in [0.25, 0.3) is 5.22 Å². The van der Waals surface area contributed by atoms with E-state index < -0.39 is 5.97 Å². The van der Waals surface area contributed by atoms with Crippen LogP contribution in [0.4, 0.5) is 0 Å². The number of thioether (sulfide) groups is 1. The van der Waals surface area contributed by atoms with Crippen LogP contribution in [-0.4, -0.2) is 16.2 Å². The highest BCUT2D eigenvalue weighted by Gasteiger charge is 2.11. The molecule has 0 N–H and O–H groups in total. The van der Waals surface area contributed by atoms with Crippen LogP contribution >= 0.6 is 23.4 Å². The van der Waals surface area contributed by atoms with Crippen molar-refractivity contribution in [3.63, 3.8) is 0 Å². The van der Waals surface area contributed by atoms with Gasteiger partial charge in [0.1, 0.15) is 11.5 Å². The van der Waals surface area contributed by atoms with E-state index in [0.717, 1.165) is 17.3 Å². The van der Waals surface area contributed by atoms with E-state index in [1.54, 1.807) is 37.3 Å². The highest BCUT2D eigenvalue weighted by molar-refractivity contribution is 8.03. The van der Waals surface area contributed by atoms with Gasteiger partial charge in [-0.05, 0) is 42.1 Å². The lowest BCUT2D eigenvalue weighted by molar-refractivity contribution is -0.298. The first kappa shape index (κ1) is 16.4. The minimum absolute atomic E-state index is 0.106. The van der Waals surface area contributed by atoms with Gasteiger partial charge in [0.15, 0.2) is 0 Å². The molecule has 0 bridgehead atoms. The normalized spacial score (nSPS) is 11.7. The lowest BCUT2D eigenvalue weighted by Crippen LogP contribution is -2.22. The van der Waals surface area contributed by atoms with Crippen molar-refractivity contribution in [3.8, 4) is 11.3 Å². The highest BCUT2D eigenvalue weighted by atomic mass is 35.5. The maximum absolute atomic E-state index is 11.3. The number of aliphatic carboxylic acids is 1. The predicted octanol–water partition coefficient (Wildman–Crippen LogP) is 3.17. The van der Waals surface area contributed by atoms with Crippen molar-refractivity contribution in [1.82, 2.24) is 10.2 Å². The Morgan fingerprint density at radius 2 is 2.08 bits per heavy atom. The van der Waals surface area contributed by atoms with Gasteiger partial charge in [-0.3, -0.25) is 0 Å². The molecule has 6 nitrogen and oxygen atoms in total. The van der Waals surface area contributed by atoms with Crippen molar-refractivity contribution < 1.29 is 18.7 Å². The summed E-state index contributed by atoms with van der Waals surface area (Å²) in [5.41, 5.74) is 0.789. The Kier molecular flexibility index (Phi) is 4.73. The van der Waals surface area contributed by atoms with E-state index in [9.17, 15) is 9.90 Å². The van der Waals surface area contributed by atoms with E-state index in [-0.39, 0.29) is 10.1 Å². The number of carbonyl (C=O) groups is 1. The van der Waals surface area contributed by atoms with Crippen LogP contribution in [0.3, 0.4) is 0 Å². The van der Waals surface area contributed by atoms with E-state index >= 15 is 0 Å². The second-order valence-corrected chi connectivity index (χ2v) is 6.13. The number of carbonyl (C=O) groups excluding carboxylic acids is 1. The van der Waals surface area contributed by atoms with Crippen molar-refractivity contribution in [3.05, 3.63) is 58.0 Å². The third-order valence-corrected chi connectivity index (χ3v) is 3.99. The van der Waals surface area contributed by atoms with Crippen LogP contribution < -0.4 is 5.11 Å². The summed E-state index contributed by atoms with van der Waals surface area (Å²) >= 11 is 6.75. The summed E-state index contributed by atoms with van der Waals surface area (Å²) < 4.78 is 10.8. The van der Waals surface area contributed by atoms with Crippen molar-refractivity contribution >= 4 is 35.4 Å². The lowest BCUT2D eigenvalue weighted by Gasteiger charge is -2.04. The predicted molar refractivity (Wildman–Crippen MR) is 87.0 cm³/mol. The maximum atomic E-state index is 11.3. The molecular formula is C16H10ClN2O4S-. The SMILES string of the molecule is Cc1nnc(S/C(=C/c2ccc(-c3cccc(Cl)c3)o2)C(=O)[O-])o1. The smallest absolute Gasteiger partial charge is 0.281 e. The molecule has 0 fully saturated rings. The quantitative estimate of drug-likeness (QED) is 0.509. The van der Waals surface area contributed by atoms with Crippen LogP contribution in [0.2, 0.25) is 5.02 Å². The van der Waals surface area contributed by atoms with Gasteiger partial charge < -0.3 is 18.7 Å². The Morgan fingerprint density at radius 3 is 2.75 bits per heavy atom. The first-order valence-electron chi connectivity index (χ1n) is 6.78. The molecule has 24 heavy (non-hydrogen) atoms. The molecule has 1 aromatic carbocycles. The number of hydrogen-bond donors (Lipinski definition) is 0. The van der Waals surface area contributed by atoms with Gasteiger partial charge in [0.05, 0.1) is 5.97 Å². The van der Waals surface area contributed by atoms with Gasteiger partial charge in [-0.2, -0.15) is 0 Å². The minimum atomic E-state index is -1.36. The van der Waals surface area contributed by atoms with Crippen molar-refractivity contribution in [1.29, 1.82) is 0 Å². The fourth-order valence-corrected chi connectivity index (χ4v) is 2.78. The second-order valence-electron chi connectivity index (χ2n) is 4.70. The number of rotatable bonds is 5. The summed E-state index contributed by atoms with van der Waals surface area (Å²) in [5, 5.41) is 19.4. The van der Waals surface area contributed by atoms with Gasteiger partial charge in [-0.15, -0.1) is 10.2 Å². The van der Waals surface area contributed by atoms with E-state index in [4.69, 9.17) is 20.4 Å². The summed E-state index contributed by atoms with van der Waals surface area (Å²) in [7, 11) is 0. The molecule has 0 aliphatic carbocycles. The maximum Gasteiger partial charge on any atom is 0.281 e. The Hall–Kier alpha value is -2.51. The number of aryl methyl sites for hydroxylation is 1. The molecule has 8 heteroatoms. The molecule has 0 atom stereocenters. The van der Waals surface area contributed by atoms with Crippen LogP contribution in [-0.2, 0) is 4.79 Å². The Balaban J connectivity index is 1.86. The number of aromatic nitrogens is 2. The zero-order valence-corrected chi connectivity index (χ0v) is 13.9. The van der Waals surface area contributed by atoms with E-state index in [1.807, 2.05) is 6.07 Å². The molecule has 3 aromatic rings. The second kappa shape index (κ2) is 6.94. The first-order chi connectivity index (χ1) is 11.5. The molecule has 2 aromatic heterocycles. The number of carboxylic acids is 1. The van der Waals surface area contributed by atoms with E-state index in [2.05, 4.69) is 10.2 Å². The minimum Gasteiger partial charge on any atom is -0.544 e. The van der Waals surface area contributed by atoms with Gasteiger partial charge in [0.2, 0.25) is 5.89 Å². The topological polar surface area (TPSA) is 92.2 Å². The van der Waals surface area contributed by atoms with Crippen molar-refractivity contribution in [2.75, 3.05) is 0 Å². The van der Waals surface area contributed by atoms with Crippen molar-refractivity contribution in [2.24, 2.45) is 0 Å². The Morgan fingerprint density at radius 1 is 1.25 bits per heavy atom. The van der Waals surface area contributed by atoms with Crippen LogP contribution in [0.1, 0.15) is 11.7 Å². The summed E-state index contributed by atoms with van der Waals surface area (Å²) in [6, 6.07) is 10.5. The molecule has 0 unspecified atom stereocenters. The monoisotopic (exact) mass is 361 g/mol. The van der Waals surface area contributed by atoms with Gasteiger partial charge in [0, 0.05) is 22.4 Å². The molecule has 3 rings (SSSR count). The highest BCUT2D eigenvalue weighted by Crippen LogP contribution is 2.29. The molecule has 0 aliphatic rings. The number of nitrogens with zero attached hydrogens (tertiary/aromatic N) is 2. The zero-order chi connectivity index (χ0) is 17.1. The van der Waals surface area contributed by atoms with E-state index in [1.165, 1.54) is 6.08 Å². The van der Waals surface area contributed by atoms with Crippen LogP contribution in [0.5, 0.6) is 0 Å². The van der Waals surface area contributed by atoms with Crippen molar-refractivity contribution in [2.45, 2.75) is 12.1 Å². The largest absolute Gasteiger partial charge is 0.544 e. The standard InChI is InChI=1S/C16H11ClN2O4S/c1-9-18-19-16(22-9)24-14(15(20)21)8-12-5-6-13(23-12)10-3-2-4-11(17)7-10/h2-8H,1H3,(H,20,21)/p-1/b14-8+. The number of furan rings is 1. The van der Waals surface area contributed by atoms with Gasteiger partial charge >= 0.3 is 0 Å². The number of benzene rings is 1. The molecule has 0 saturated heterocycles. The summed E-state index contributed by atoms with van der Waals surface area (Å²) in [4.78, 5) is 11.2. The summed E-state index contributed by atoms with van der Waals surface area (Å²) in [6.45, 7) is 1.61. The van der Waals surface area contributed by atoms with E-state index in [0.29, 0.717) is 22.4 Å². The van der Waals surface area contributed by atoms with Crippen LogP contribution in [0.25, 0.3) is 17.4 Å². The zero-order valence-electron chi connectivity index (χ0n) is 12.4. The average Bonchev–Trinajstić information content (AvgIpc) is 3.16. The van der Waals surface area contributed by atoms with Crippen LogP contribution in [0, 0.1) is 6.92 Å². The van der Waals surface area contributed by atoms with Crippen LogP contribution in [0.15, 0.2) is 55.4 Å². The molecule has 0 aliphatic heterocycles. The molecule has 122 valence electrons. The molecule has 0 radical (unpaired) electrons. The molecular weight excluding hydrogens is 352 g/mol. The summed E-state index contributed by atoms with van der Waals surface area (Å²) in [6.07, 6.45) is 1.34. The summed E-state index contributed by atoms with van der Waals surface area (Å²) in [5.74, 6) is -0.0963. The molecule has 0 amide bonds. The third kappa shape index (κ3) is 3.87. The number of carboxylic acid groups (broad SMARTS) is 1. The third-order valence-electron chi connectivity index (χ3n) is 2.92. The Bertz CT molecular complexity index is 916. The van der Waals surface area contributed by atoms with Gasteiger partial charge in [-0.25, -0.2) is 0 Å². The first-order valence-corrected chi connectivity index (χ1v) is 7.97. The fourth-order valence-electron chi connectivity index (χ4n) is 1.90.